The molecule has 1 unspecified atom stereocenters. The molecule has 0 saturated carbocycles. The number of hydrogen-bond donors (Lipinski definition) is 1. The highest BCUT2D eigenvalue weighted by molar-refractivity contribution is 5.20. The highest BCUT2D eigenvalue weighted by Gasteiger charge is 2.05. The Kier molecular flexibility index (Phi) is 4.73. The standard InChI is InChI=1S/C15H17NO2/c17-14(9-8-13-5-4-10-16-11-13)12-18-15-6-2-1-3-7-15/h1-7,10-11,14,17H,8-9,12H2. The minimum absolute atomic E-state index is 0.324. The number of ether oxygens (including phenoxy) is 1. The second-order valence-electron chi connectivity index (χ2n) is 4.18. The molecule has 2 aromatic rings. The minimum atomic E-state index is -0.453. The van der Waals surface area contributed by atoms with E-state index in [1.54, 1.807) is 6.20 Å². The number of aromatic nitrogens is 1. The lowest BCUT2D eigenvalue weighted by molar-refractivity contribution is 0.100. The first-order valence-corrected chi connectivity index (χ1v) is 6.09. The fourth-order valence-electron chi connectivity index (χ4n) is 1.67. The number of benzene rings is 1. The Morgan fingerprint density at radius 1 is 1.11 bits per heavy atom. The third-order valence-corrected chi connectivity index (χ3v) is 2.67. The lowest BCUT2D eigenvalue weighted by atomic mass is 10.1. The van der Waals surface area contributed by atoms with Gasteiger partial charge in [-0.2, -0.15) is 0 Å². The van der Waals surface area contributed by atoms with Crippen molar-refractivity contribution in [1.82, 2.24) is 4.98 Å². The summed E-state index contributed by atoms with van der Waals surface area (Å²) in [5.74, 6) is 0.790. The average molecular weight is 243 g/mol. The number of aliphatic hydroxyl groups is 1. The summed E-state index contributed by atoms with van der Waals surface area (Å²) in [7, 11) is 0. The number of aryl methyl sites for hydroxylation is 1. The molecule has 1 heterocycles. The van der Waals surface area contributed by atoms with Crippen molar-refractivity contribution in [2.24, 2.45) is 0 Å². The van der Waals surface area contributed by atoms with Gasteiger partial charge in [0.15, 0.2) is 0 Å². The summed E-state index contributed by atoms with van der Waals surface area (Å²) in [4.78, 5) is 4.04. The first-order chi connectivity index (χ1) is 8.84. The van der Waals surface area contributed by atoms with Crippen molar-refractivity contribution in [2.45, 2.75) is 18.9 Å². The van der Waals surface area contributed by atoms with Crippen molar-refractivity contribution in [3.63, 3.8) is 0 Å². The topological polar surface area (TPSA) is 42.4 Å². The van der Waals surface area contributed by atoms with Crippen LogP contribution in [-0.4, -0.2) is 22.8 Å². The van der Waals surface area contributed by atoms with Gasteiger partial charge in [-0.1, -0.05) is 24.3 Å². The molecule has 0 radical (unpaired) electrons. The smallest absolute Gasteiger partial charge is 0.119 e. The predicted octanol–water partition coefficient (Wildman–Crippen LogP) is 2.45. The average Bonchev–Trinajstić information content (AvgIpc) is 2.45. The van der Waals surface area contributed by atoms with Gasteiger partial charge < -0.3 is 9.84 Å². The predicted molar refractivity (Wildman–Crippen MR) is 70.5 cm³/mol. The van der Waals surface area contributed by atoms with Crippen molar-refractivity contribution in [3.05, 3.63) is 60.4 Å². The van der Waals surface area contributed by atoms with E-state index in [2.05, 4.69) is 4.98 Å². The number of rotatable bonds is 6. The van der Waals surface area contributed by atoms with Crippen molar-refractivity contribution in [2.75, 3.05) is 6.61 Å². The van der Waals surface area contributed by atoms with Gasteiger partial charge in [0.2, 0.25) is 0 Å². The first-order valence-electron chi connectivity index (χ1n) is 6.09. The highest BCUT2D eigenvalue weighted by atomic mass is 16.5. The summed E-state index contributed by atoms with van der Waals surface area (Å²) in [6.07, 6.45) is 4.61. The Balaban J connectivity index is 1.71. The third-order valence-electron chi connectivity index (χ3n) is 2.67. The zero-order valence-electron chi connectivity index (χ0n) is 10.2. The Hall–Kier alpha value is -1.87. The molecule has 1 aromatic heterocycles. The van der Waals surface area contributed by atoms with E-state index in [1.165, 1.54) is 0 Å². The maximum Gasteiger partial charge on any atom is 0.119 e. The molecule has 1 atom stereocenters. The summed E-state index contributed by atoms with van der Waals surface area (Å²) in [5, 5.41) is 9.83. The van der Waals surface area contributed by atoms with Crippen molar-refractivity contribution < 1.29 is 9.84 Å². The molecule has 0 bridgehead atoms. The van der Waals surface area contributed by atoms with Gasteiger partial charge in [-0.05, 0) is 36.6 Å². The van der Waals surface area contributed by atoms with Crippen LogP contribution in [0.5, 0.6) is 5.75 Å². The first kappa shape index (κ1) is 12.6. The molecule has 0 aliphatic heterocycles. The molecule has 1 N–H and O–H groups in total. The van der Waals surface area contributed by atoms with Gasteiger partial charge in [0, 0.05) is 12.4 Å². The number of pyridine rings is 1. The monoisotopic (exact) mass is 243 g/mol. The van der Waals surface area contributed by atoms with Crippen LogP contribution in [0.15, 0.2) is 54.9 Å². The summed E-state index contributed by atoms with van der Waals surface area (Å²) >= 11 is 0. The van der Waals surface area contributed by atoms with Crippen molar-refractivity contribution in [1.29, 1.82) is 0 Å². The number of aliphatic hydroxyl groups excluding tert-OH is 1. The molecule has 94 valence electrons. The molecule has 3 heteroatoms. The van der Waals surface area contributed by atoms with Gasteiger partial charge in [0.25, 0.3) is 0 Å². The molecule has 0 spiro atoms. The lowest BCUT2D eigenvalue weighted by Crippen LogP contribution is -2.18. The molecule has 18 heavy (non-hydrogen) atoms. The largest absolute Gasteiger partial charge is 0.491 e. The van der Waals surface area contributed by atoms with Gasteiger partial charge in [-0.3, -0.25) is 4.98 Å². The van der Waals surface area contributed by atoms with Crippen LogP contribution in [0.25, 0.3) is 0 Å². The summed E-state index contributed by atoms with van der Waals surface area (Å²) in [5.41, 5.74) is 1.14. The summed E-state index contributed by atoms with van der Waals surface area (Å²) in [6, 6.07) is 13.4. The Bertz CT molecular complexity index is 401. The molecule has 0 fully saturated rings. The van der Waals surface area contributed by atoms with Crippen LogP contribution >= 0.6 is 0 Å². The second kappa shape index (κ2) is 6.77. The lowest BCUT2D eigenvalue weighted by Gasteiger charge is -2.12. The Morgan fingerprint density at radius 3 is 2.67 bits per heavy atom. The van der Waals surface area contributed by atoms with E-state index in [9.17, 15) is 5.11 Å². The van der Waals surface area contributed by atoms with E-state index in [0.717, 1.165) is 17.7 Å². The SMILES string of the molecule is OC(CCc1cccnc1)COc1ccccc1. The molecular formula is C15H17NO2. The molecule has 3 nitrogen and oxygen atoms in total. The van der Waals surface area contributed by atoms with Crippen molar-refractivity contribution in [3.8, 4) is 5.75 Å². The maximum atomic E-state index is 9.83. The van der Waals surface area contributed by atoms with Crippen molar-refractivity contribution >= 4 is 0 Å². The van der Waals surface area contributed by atoms with Crippen LogP contribution < -0.4 is 4.74 Å². The summed E-state index contributed by atoms with van der Waals surface area (Å²) in [6.45, 7) is 0.324. The van der Waals surface area contributed by atoms with E-state index in [1.807, 2.05) is 48.7 Å². The normalized spacial score (nSPS) is 12.1. The van der Waals surface area contributed by atoms with Gasteiger partial charge in [-0.25, -0.2) is 0 Å². The molecule has 0 saturated heterocycles. The van der Waals surface area contributed by atoms with Crippen LogP contribution in [0.4, 0.5) is 0 Å². The maximum absolute atomic E-state index is 9.83. The molecular weight excluding hydrogens is 226 g/mol. The fourth-order valence-corrected chi connectivity index (χ4v) is 1.67. The number of hydrogen-bond acceptors (Lipinski definition) is 3. The van der Waals surface area contributed by atoms with Crippen LogP contribution in [0.3, 0.4) is 0 Å². The second-order valence-corrected chi connectivity index (χ2v) is 4.18. The van der Waals surface area contributed by atoms with Gasteiger partial charge >= 0.3 is 0 Å². The van der Waals surface area contributed by atoms with Gasteiger partial charge in [0.1, 0.15) is 12.4 Å². The van der Waals surface area contributed by atoms with Crippen LogP contribution in [0.1, 0.15) is 12.0 Å². The van der Waals surface area contributed by atoms with Gasteiger partial charge in [-0.15, -0.1) is 0 Å². The molecule has 0 amide bonds. The minimum Gasteiger partial charge on any atom is -0.491 e. The van der Waals surface area contributed by atoms with Crippen LogP contribution in [0.2, 0.25) is 0 Å². The van der Waals surface area contributed by atoms with E-state index < -0.39 is 6.10 Å². The summed E-state index contributed by atoms with van der Waals surface area (Å²) < 4.78 is 5.49. The molecule has 2 rings (SSSR count). The quantitative estimate of drug-likeness (QED) is 0.847. The van der Waals surface area contributed by atoms with Crippen LogP contribution in [0, 0.1) is 0 Å². The zero-order valence-corrected chi connectivity index (χ0v) is 10.2. The zero-order chi connectivity index (χ0) is 12.6. The number of nitrogens with zero attached hydrogens (tertiary/aromatic N) is 1. The fraction of sp³-hybridized carbons (Fsp3) is 0.267. The third kappa shape index (κ3) is 4.18. The van der Waals surface area contributed by atoms with E-state index in [4.69, 9.17) is 4.74 Å². The highest BCUT2D eigenvalue weighted by Crippen LogP contribution is 2.10. The van der Waals surface area contributed by atoms with Gasteiger partial charge in [0.05, 0.1) is 6.10 Å². The van der Waals surface area contributed by atoms with Crippen LogP contribution in [-0.2, 0) is 6.42 Å². The molecule has 0 aliphatic rings. The molecule has 0 aliphatic carbocycles. The van der Waals surface area contributed by atoms with E-state index in [-0.39, 0.29) is 0 Å². The van der Waals surface area contributed by atoms with E-state index in [0.29, 0.717) is 13.0 Å². The number of para-hydroxylation sites is 1. The Labute approximate surface area is 107 Å². The Morgan fingerprint density at radius 2 is 1.94 bits per heavy atom. The molecule has 1 aromatic carbocycles. The van der Waals surface area contributed by atoms with E-state index >= 15 is 0 Å².